The summed E-state index contributed by atoms with van der Waals surface area (Å²) in [6, 6.07) is 14.4. The molecule has 2 aromatic rings. The van der Waals surface area contributed by atoms with Crippen LogP contribution in [0.1, 0.15) is 16.8 Å². The van der Waals surface area contributed by atoms with Crippen LogP contribution in [-0.2, 0) is 4.79 Å². The number of amides is 2. The van der Waals surface area contributed by atoms with Crippen molar-refractivity contribution in [3.8, 4) is 0 Å². The van der Waals surface area contributed by atoms with Gasteiger partial charge in [-0.2, -0.15) is 0 Å². The van der Waals surface area contributed by atoms with Crippen LogP contribution in [0.5, 0.6) is 0 Å². The molecule has 0 radical (unpaired) electrons. The first kappa shape index (κ1) is 17.0. The molecule has 0 saturated carbocycles. The van der Waals surface area contributed by atoms with Gasteiger partial charge in [-0.3, -0.25) is 9.59 Å². The highest BCUT2D eigenvalue weighted by atomic mass is 79.9. The number of carbonyl (C=O) groups excluding carboxylic acids is 2. The Hall–Kier alpha value is -1.85. The molecule has 1 saturated heterocycles. The molecule has 1 fully saturated rings. The third kappa shape index (κ3) is 3.97. The van der Waals surface area contributed by atoms with Gasteiger partial charge in [0, 0.05) is 33.8 Å². The molecule has 1 N–H and O–H groups in total. The fourth-order valence-corrected chi connectivity index (χ4v) is 3.65. The predicted octanol–water partition coefficient (Wildman–Crippen LogP) is 4.20. The Kier molecular flexibility index (Phi) is 5.21. The van der Waals surface area contributed by atoms with Crippen LogP contribution in [0.4, 0.5) is 5.69 Å². The smallest absolute Gasteiger partial charge is 0.253 e. The van der Waals surface area contributed by atoms with Crippen molar-refractivity contribution in [2.45, 2.75) is 6.42 Å². The van der Waals surface area contributed by atoms with Gasteiger partial charge in [0.1, 0.15) is 0 Å². The van der Waals surface area contributed by atoms with Crippen LogP contribution in [-0.4, -0.2) is 29.8 Å². The van der Waals surface area contributed by atoms with Gasteiger partial charge in [0.15, 0.2) is 0 Å². The number of carbonyl (C=O) groups is 2. The number of nitrogens with one attached hydrogen (secondary N) is 1. The lowest BCUT2D eigenvalue weighted by molar-refractivity contribution is -0.119. The van der Waals surface area contributed by atoms with Crippen LogP contribution in [0.25, 0.3) is 0 Å². The fourth-order valence-electron chi connectivity index (χ4n) is 2.79. The van der Waals surface area contributed by atoms with E-state index in [2.05, 4.69) is 21.2 Å². The van der Waals surface area contributed by atoms with Gasteiger partial charge in [0.05, 0.1) is 5.92 Å². The third-order valence-corrected chi connectivity index (χ3v) is 4.67. The van der Waals surface area contributed by atoms with E-state index in [9.17, 15) is 9.59 Å². The molecule has 0 aromatic heterocycles. The minimum absolute atomic E-state index is 0.0311. The predicted molar refractivity (Wildman–Crippen MR) is 98.2 cm³/mol. The van der Waals surface area contributed by atoms with E-state index in [1.807, 2.05) is 18.2 Å². The van der Waals surface area contributed by atoms with E-state index in [-0.39, 0.29) is 17.7 Å². The minimum Gasteiger partial charge on any atom is -0.338 e. The van der Waals surface area contributed by atoms with Crippen molar-refractivity contribution in [2.75, 3.05) is 18.4 Å². The number of anilines is 1. The monoisotopic (exact) mass is 406 g/mol. The summed E-state index contributed by atoms with van der Waals surface area (Å²) in [5, 5.41) is 3.42. The summed E-state index contributed by atoms with van der Waals surface area (Å²) in [7, 11) is 0. The van der Waals surface area contributed by atoms with Gasteiger partial charge in [0.2, 0.25) is 5.91 Å². The zero-order valence-corrected chi connectivity index (χ0v) is 15.2. The first-order valence-electron chi connectivity index (χ1n) is 7.64. The summed E-state index contributed by atoms with van der Waals surface area (Å²) in [4.78, 5) is 26.6. The number of nitrogens with zero attached hydrogens (tertiary/aromatic N) is 1. The van der Waals surface area contributed by atoms with E-state index >= 15 is 0 Å². The summed E-state index contributed by atoms with van der Waals surface area (Å²) in [6.45, 7) is 1.02. The Morgan fingerprint density at radius 3 is 2.62 bits per heavy atom. The second kappa shape index (κ2) is 7.36. The molecule has 1 heterocycles. The van der Waals surface area contributed by atoms with Crippen molar-refractivity contribution in [2.24, 2.45) is 5.92 Å². The van der Waals surface area contributed by atoms with E-state index in [1.54, 1.807) is 35.2 Å². The molecule has 0 bridgehead atoms. The highest BCUT2D eigenvalue weighted by molar-refractivity contribution is 9.10. The summed E-state index contributed by atoms with van der Waals surface area (Å²) >= 11 is 9.34. The van der Waals surface area contributed by atoms with Crippen molar-refractivity contribution in [3.05, 3.63) is 63.6 Å². The normalized spacial score (nSPS) is 16.9. The van der Waals surface area contributed by atoms with Crippen LogP contribution >= 0.6 is 27.5 Å². The van der Waals surface area contributed by atoms with Crippen molar-refractivity contribution in [3.63, 3.8) is 0 Å². The zero-order chi connectivity index (χ0) is 17.1. The van der Waals surface area contributed by atoms with Crippen molar-refractivity contribution >= 4 is 45.0 Å². The lowest BCUT2D eigenvalue weighted by atomic mass is 10.1. The molecule has 3 rings (SSSR count). The maximum atomic E-state index is 12.4. The molecule has 1 aliphatic rings. The summed E-state index contributed by atoms with van der Waals surface area (Å²) in [5.41, 5.74) is 1.30. The largest absolute Gasteiger partial charge is 0.338 e. The van der Waals surface area contributed by atoms with Gasteiger partial charge in [-0.15, -0.1) is 0 Å². The Bertz CT molecular complexity index is 747. The average molecular weight is 408 g/mol. The van der Waals surface area contributed by atoms with E-state index in [0.717, 1.165) is 4.47 Å². The quantitative estimate of drug-likeness (QED) is 0.829. The molecule has 24 heavy (non-hydrogen) atoms. The van der Waals surface area contributed by atoms with Crippen molar-refractivity contribution in [1.29, 1.82) is 0 Å². The van der Waals surface area contributed by atoms with Gasteiger partial charge in [-0.25, -0.2) is 0 Å². The maximum absolute atomic E-state index is 12.4. The van der Waals surface area contributed by atoms with Gasteiger partial charge in [-0.05, 0) is 36.8 Å². The molecule has 4 nitrogen and oxygen atoms in total. The second-order valence-electron chi connectivity index (χ2n) is 5.75. The number of hydrogen-bond donors (Lipinski definition) is 1. The number of likely N-dealkylation sites (tertiary alicyclic amines) is 1. The van der Waals surface area contributed by atoms with E-state index in [0.29, 0.717) is 35.8 Å². The van der Waals surface area contributed by atoms with Crippen LogP contribution in [0.15, 0.2) is 53.0 Å². The zero-order valence-electron chi connectivity index (χ0n) is 12.8. The van der Waals surface area contributed by atoms with Gasteiger partial charge in [0.25, 0.3) is 5.91 Å². The number of benzene rings is 2. The minimum atomic E-state index is -0.213. The number of hydrogen-bond acceptors (Lipinski definition) is 2. The summed E-state index contributed by atoms with van der Waals surface area (Å²) < 4.78 is 0.803. The second-order valence-corrected chi connectivity index (χ2v) is 7.10. The Morgan fingerprint density at radius 1 is 1.17 bits per heavy atom. The molecular formula is C18H16BrClN2O2. The van der Waals surface area contributed by atoms with E-state index < -0.39 is 0 Å². The first-order valence-corrected chi connectivity index (χ1v) is 8.81. The molecule has 1 unspecified atom stereocenters. The highest BCUT2D eigenvalue weighted by Gasteiger charge is 2.31. The summed E-state index contributed by atoms with van der Waals surface area (Å²) in [6.07, 6.45) is 0.659. The van der Waals surface area contributed by atoms with Gasteiger partial charge < -0.3 is 10.2 Å². The maximum Gasteiger partial charge on any atom is 0.253 e. The molecule has 124 valence electrons. The number of halogens is 2. The third-order valence-electron chi connectivity index (χ3n) is 4.00. The Morgan fingerprint density at radius 2 is 1.92 bits per heavy atom. The van der Waals surface area contributed by atoms with E-state index in [4.69, 9.17) is 11.6 Å². The van der Waals surface area contributed by atoms with Crippen LogP contribution in [0.2, 0.25) is 5.02 Å². The SMILES string of the molecule is O=C(Nc1cc(Cl)cc(Br)c1)C1CCN(C(=O)c2ccccc2)C1. The summed E-state index contributed by atoms with van der Waals surface area (Å²) in [5.74, 6) is -0.334. The molecular weight excluding hydrogens is 392 g/mol. The number of rotatable bonds is 3. The molecule has 1 aliphatic heterocycles. The van der Waals surface area contributed by atoms with Gasteiger partial charge >= 0.3 is 0 Å². The van der Waals surface area contributed by atoms with E-state index in [1.165, 1.54) is 0 Å². The standard InChI is InChI=1S/C18H16BrClN2O2/c19-14-8-15(20)10-16(9-14)21-17(23)13-6-7-22(11-13)18(24)12-4-2-1-3-5-12/h1-5,8-10,13H,6-7,11H2,(H,21,23). The average Bonchev–Trinajstić information content (AvgIpc) is 3.04. The lowest BCUT2D eigenvalue weighted by Gasteiger charge is -2.16. The van der Waals surface area contributed by atoms with Gasteiger partial charge in [-0.1, -0.05) is 45.7 Å². The van der Waals surface area contributed by atoms with Crippen molar-refractivity contribution in [1.82, 2.24) is 4.90 Å². The molecule has 0 spiro atoms. The lowest BCUT2D eigenvalue weighted by Crippen LogP contribution is -2.31. The van der Waals surface area contributed by atoms with Crippen LogP contribution in [0.3, 0.4) is 0 Å². The molecule has 1 atom stereocenters. The topological polar surface area (TPSA) is 49.4 Å². The van der Waals surface area contributed by atoms with Crippen LogP contribution < -0.4 is 5.32 Å². The molecule has 6 heteroatoms. The first-order chi connectivity index (χ1) is 11.5. The molecule has 2 amide bonds. The Labute approximate surface area is 153 Å². The fraction of sp³-hybridized carbons (Fsp3) is 0.222. The molecule has 0 aliphatic carbocycles. The van der Waals surface area contributed by atoms with Crippen molar-refractivity contribution < 1.29 is 9.59 Å². The van der Waals surface area contributed by atoms with Crippen LogP contribution in [0, 0.1) is 5.92 Å². The highest BCUT2D eigenvalue weighted by Crippen LogP contribution is 2.25. The Balaban J connectivity index is 1.63. The molecule has 2 aromatic carbocycles.